The van der Waals surface area contributed by atoms with Crippen LogP contribution in [0.3, 0.4) is 0 Å². The summed E-state index contributed by atoms with van der Waals surface area (Å²) in [6.07, 6.45) is 17.8. The molecule has 61 heavy (non-hydrogen) atoms. The molecule has 4 aliphatic heterocycles. The Balaban J connectivity index is 0.000000230. The van der Waals surface area contributed by atoms with Gasteiger partial charge in [-0.2, -0.15) is 0 Å². The molecule has 0 aliphatic carbocycles. The number of piperidine rings is 2. The van der Waals surface area contributed by atoms with Crippen LogP contribution in [0.15, 0.2) is 61.2 Å². The summed E-state index contributed by atoms with van der Waals surface area (Å²) in [5, 5.41) is 10.9. The quantitative estimate of drug-likeness (QED) is 0.112. The van der Waals surface area contributed by atoms with Crippen molar-refractivity contribution in [3.8, 4) is 17.2 Å². The summed E-state index contributed by atoms with van der Waals surface area (Å²) in [6, 6.07) is 12.5. The van der Waals surface area contributed by atoms with Crippen molar-refractivity contribution >= 4 is 17.5 Å². The molecule has 0 unspecified atom stereocenters. The smallest absolute Gasteiger partial charge is 0.410 e. The second kappa shape index (κ2) is 23.2. The van der Waals surface area contributed by atoms with Gasteiger partial charge in [-0.15, -0.1) is 0 Å². The van der Waals surface area contributed by atoms with Gasteiger partial charge in [-0.25, -0.2) is 9.80 Å². The summed E-state index contributed by atoms with van der Waals surface area (Å²) < 4.78 is 28.7. The largest absolute Gasteiger partial charge is 0.497 e. The Hall–Kier alpha value is -4.37. The minimum Gasteiger partial charge on any atom is -0.497 e. The van der Waals surface area contributed by atoms with Crippen molar-refractivity contribution in [1.29, 1.82) is 0 Å². The third-order valence-corrected chi connectivity index (χ3v) is 12.3. The number of rotatable bonds is 16. The van der Waals surface area contributed by atoms with Crippen LogP contribution >= 0.6 is 0 Å². The van der Waals surface area contributed by atoms with Gasteiger partial charge in [0.15, 0.2) is 0 Å². The molecule has 1 aromatic carbocycles. The van der Waals surface area contributed by atoms with Gasteiger partial charge in [0.25, 0.3) is 0 Å². The summed E-state index contributed by atoms with van der Waals surface area (Å²) in [7, 11) is 1.68. The fourth-order valence-corrected chi connectivity index (χ4v) is 8.61. The first-order chi connectivity index (χ1) is 29.6. The number of aliphatic hydroxyl groups is 1. The topological polar surface area (TPSA) is 148 Å². The Kier molecular flexibility index (Phi) is 17.5. The molecule has 0 radical (unpaired) electrons. The van der Waals surface area contributed by atoms with E-state index in [2.05, 4.69) is 31.9 Å². The molecule has 2 aromatic heterocycles. The highest BCUT2D eigenvalue weighted by Gasteiger charge is 2.33. The molecule has 6 heterocycles. The number of hydrogen-bond donors (Lipinski definition) is 2. The maximum Gasteiger partial charge on any atom is 0.410 e. The van der Waals surface area contributed by atoms with Crippen molar-refractivity contribution in [2.45, 2.75) is 109 Å². The molecule has 4 aliphatic rings. The Morgan fingerprint density at radius 2 is 1.30 bits per heavy atom. The third kappa shape index (κ3) is 14.6. The lowest BCUT2D eigenvalue weighted by atomic mass is 9.94. The van der Waals surface area contributed by atoms with Gasteiger partial charge in [0.1, 0.15) is 36.1 Å². The number of hydrazine groups is 1. The number of benzene rings is 1. The van der Waals surface area contributed by atoms with Crippen molar-refractivity contribution in [1.82, 2.24) is 19.9 Å². The van der Waals surface area contributed by atoms with Crippen LogP contribution in [0.1, 0.15) is 90.5 Å². The highest BCUT2D eigenvalue weighted by atomic mass is 16.6. The Labute approximate surface area is 363 Å². The number of nitrogens with zero attached hydrogens (tertiary/aromatic N) is 6. The number of methoxy groups -OCH3 is 1. The number of aromatic nitrogens is 2. The SMILES string of the molecule is COc1ccc(COCCC2CCN(c3cncc(OC[C@@H]4CCCN4C(=O)OC(C)(C)C)c3)CC2)cc1.NN1CCC[C@H]1COc1cncc(N2CCC(CCO)CC2)c1. The van der Waals surface area contributed by atoms with E-state index in [0.29, 0.717) is 50.8 Å². The number of carbonyl (C=O) groups is 1. The number of ether oxygens (including phenoxy) is 5. The zero-order chi connectivity index (χ0) is 43.0. The van der Waals surface area contributed by atoms with E-state index in [4.69, 9.17) is 34.6 Å². The first kappa shape index (κ1) is 46.1. The molecule has 2 atom stereocenters. The van der Waals surface area contributed by atoms with Gasteiger partial charge in [0.05, 0.1) is 62.0 Å². The van der Waals surface area contributed by atoms with E-state index in [1.54, 1.807) is 24.4 Å². The van der Waals surface area contributed by atoms with E-state index in [1.807, 2.05) is 62.4 Å². The fourth-order valence-electron chi connectivity index (χ4n) is 8.61. The standard InChI is InChI=1S/C30H43N3O5.C17H28N4O2/c1-30(2,3)38-29(34)33-14-5-6-25(33)22-37-28-18-26(19-31-20-28)32-15-11-23(12-16-32)13-17-36-21-24-7-9-27(35-4)10-8-24;18-21-6-1-2-15(21)13-23-17-10-16(11-19-12-17)20-7-3-14(4-8-20)5-9-22/h7-10,18-20,23,25H,5-6,11-17,21-22H2,1-4H3;10-12,14-15,22H,1-9,13,18H2/t25-;15-/m00/s1. The molecule has 1 amide bonds. The van der Waals surface area contributed by atoms with Crippen molar-refractivity contribution in [3.05, 3.63) is 66.7 Å². The summed E-state index contributed by atoms with van der Waals surface area (Å²) >= 11 is 0. The van der Waals surface area contributed by atoms with Gasteiger partial charge in [-0.1, -0.05) is 12.1 Å². The fraction of sp³-hybridized carbons (Fsp3) is 0.638. The van der Waals surface area contributed by atoms with Crippen LogP contribution in [-0.2, 0) is 16.1 Å². The van der Waals surface area contributed by atoms with Crippen molar-refractivity contribution in [2.24, 2.45) is 17.7 Å². The number of aliphatic hydroxyl groups excluding tert-OH is 1. The Bertz CT molecular complexity index is 1750. The average Bonchev–Trinajstić information content (AvgIpc) is 3.93. The van der Waals surface area contributed by atoms with Gasteiger partial charge in [-0.3, -0.25) is 15.8 Å². The molecular formula is C47H71N7O7. The molecule has 7 rings (SSSR count). The van der Waals surface area contributed by atoms with Crippen LogP contribution in [0.2, 0.25) is 0 Å². The van der Waals surface area contributed by atoms with Crippen molar-refractivity contribution < 1.29 is 33.6 Å². The molecule has 0 saturated carbocycles. The van der Waals surface area contributed by atoms with Crippen molar-refractivity contribution in [3.63, 3.8) is 0 Å². The van der Waals surface area contributed by atoms with E-state index < -0.39 is 5.60 Å². The van der Waals surface area contributed by atoms with Crippen LogP contribution in [0, 0.1) is 11.8 Å². The summed E-state index contributed by atoms with van der Waals surface area (Å²) in [4.78, 5) is 27.9. The number of hydrogen-bond acceptors (Lipinski definition) is 13. The number of carbonyl (C=O) groups excluding carboxylic acids is 1. The summed E-state index contributed by atoms with van der Waals surface area (Å²) in [6.45, 7) is 14.2. The van der Waals surface area contributed by atoms with E-state index >= 15 is 0 Å². The molecule has 3 aromatic rings. The average molecular weight is 846 g/mol. The number of amides is 1. The Morgan fingerprint density at radius 1 is 0.738 bits per heavy atom. The van der Waals surface area contributed by atoms with Gasteiger partial charge in [-0.05, 0) is 115 Å². The highest BCUT2D eigenvalue weighted by Crippen LogP contribution is 2.30. The molecule has 3 N–H and O–H groups in total. The number of pyridine rings is 2. The van der Waals surface area contributed by atoms with Crippen LogP contribution < -0.4 is 29.9 Å². The van der Waals surface area contributed by atoms with Crippen molar-refractivity contribution in [2.75, 3.05) is 82.6 Å². The molecule has 4 fully saturated rings. The zero-order valence-electron chi connectivity index (χ0n) is 37.1. The van der Waals surface area contributed by atoms with Gasteiger partial charge < -0.3 is 43.5 Å². The van der Waals surface area contributed by atoms with E-state index in [1.165, 1.54) is 5.56 Å². The van der Waals surface area contributed by atoms with Gasteiger partial charge in [0.2, 0.25) is 0 Å². The maximum atomic E-state index is 12.6. The molecule has 0 bridgehead atoms. The third-order valence-electron chi connectivity index (χ3n) is 12.3. The monoisotopic (exact) mass is 846 g/mol. The summed E-state index contributed by atoms with van der Waals surface area (Å²) in [5.41, 5.74) is 2.88. The summed E-state index contributed by atoms with van der Waals surface area (Å²) in [5.74, 6) is 9.70. The number of anilines is 2. The predicted octanol–water partition coefficient (Wildman–Crippen LogP) is 7.09. The van der Waals surface area contributed by atoms with E-state index in [9.17, 15) is 4.79 Å². The molecule has 14 nitrogen and oxygen atoms in total. The van der Waals surface area contributed by atoms with Crippen LogP contribution in [0.5, 0.6) is 17.2 Å². The van der Waals surface area contributed by atoms with Crippen LogP contribution in [-0.4, -0.2) is 122 Å². The van der Waals surface area contributed by atoms with Crippen LogP contribution in [0.4, 0.5) is 16.2 Å². The zero-order valence-corrected chi connectivity index (χ0v) is 37.1. The first-order valence-corrected chi connectivity index (χ1v) is 22.5. The van der Waals surface area contributed by atoms with Crippen LogP contribution in [0.25, 0.3) is 0 Å². The van der Waals surface area contributed by atoms with Gasteiger partial charge in [0, 0.05) is 64.6 Å². The maximum absolute atomic E-state index is 12.6. The normalized spacial score (nSPS) is 20.3. The molecule has 4 saturated heterocycles. The van der Waals surface area contributed by atoms with E-state index in [0.717, 1.165) is 132 Å². The van der Waals surface area contributed by atoms with Gasteiger partial charge >= 0.3 is 6.09 Å². The minimum absolute atomic E-state index is 0.0242. The van der Waals surface area contributed by atoms with E-state index in [-0.39, 0.29) is 12.1 Å². The molecular weight excluding hydrogens is 775 g/mol. The molecule has 14 heteroatoms. The lowest BCUT2D eigenvalue weighted by Gasteiger charge is -2.33. The lowest BCUT2D eigenvalue weighted by molar-refractivity contribution is 0.0187. The second-order valence-electron chi connectivity index (χ2n) is 17.9. The highest BCUT2D eigenvalue weighted by molar-refractivity contribution is 5.69. The molecule has 0 spiro atoms. The first-order valence-electron chi connectivity index (χ1n) is 22.5. The number of nitrogens with two attached hydrogens (primary N) is 1. The molecule has 336 valence electrons. The second-order valence-corrected chi connectivity index (χ2v) is 17.9. The predicted molar refractivity (Wildman–Crippen MR) is 238 cm³/mol. The Morgan fingerprint density at radius 3 is 1.84 bits per heavy atom. The minimum atomic E-state index is -0.499. The number of likely N-dealkylation sites (tertiary alicyclic amines) is 1. The lowest BCUT2D eigenvalue weighted by Crippen LogP contribution is -2.42.